The van der Waals surface area contributed by atoms with Crippen molar-refractivity contribution >= 4 is 11.7 Å². The van der Waals surface area contributed by atoms with E-state index in [2.05, 4.69) is 4.98 Å². The van der Waals surface area contributed by atoms with Crippen LogP contribution in [-0.4, -0.2) is 21.2 Å². The standard InChI is InChI=1S/C6H4N2O2/c9-5-1-4-2-8(3-7-4)6(5)10/h2-3H,1H2. The van der Waals surface area contributed by atoms with Crippen molar-refractivity contribution in [3.8, 4) is 0 Å². The van der Waals surface area contributed by atoms with E-state index in [-0.39, 0.29) is 12.2 Å². The second kappa shape index (κ2) is 1.53. The van der Waals surface area contributed by atoms with Gasteiger partial charge in [0.15, 0.2) is 0 Å². The molecule has 0 N–H and O–H groups in total. The number of fused-ring (bicyclic) bond motifs is 2. The fourth-order valence-corrected chi connectivity index (χ4v) is 0.950. The van der Waals surface area contributed by atoms with Crippen molar-refractivity contribution in [3.63, 3.8) is 0 Å². The van der Waals surface area contributed by atoms with Crippen molar-refractivity contribution in [1.82, 2.24) is 9.55 Å². The topological polar surface area (TPSA) is 52.0 Å². The largest absolute Gasteiger partial charge is 0.299 e. The second-order valence-corrected chi connectivity index (χ2v) is 2.18. The molecular formula is C6H4N2O2. The average molecular weight is 136 g/mol. The minimum Gasteiger partial charge on any atom is -0.288 e. The smallest absolute Gasteiger partial charge is 0.288 e. The molecule has 1 aliphatic rings. The highest BCUT2D eigenvalue weighted by Crippen LogP contribution is 2.05. The summed E-state index contributed by atoms with van der Waals surface area (Å²) in [6.45, 7) is 0. The molecule has 0 fully saturated rings. The molecule has 2 bridgehead atoms. The van der Waals surface area contributed by atoms with Gasteiger partial charge in [-0.1, -0.05) is 0 Å². The number of Topliss-reactive ketones (excluding diaryl/α,β-unsaturated/α-hetero) is 1. The summed E-state index contributed by atoms with van der Waals surface area (Å²) < 4.78 is 1.21. The second-order valence-electron chi connectivity index (χ2n) is 2.18. The van der Waals surface area contributed by atoms with E-state index < -0.39 is 5.91 Å². The predicted molar refractivity (Wildman–Crippen MR) is 31.6 cm³/mol. The minimum absolute atomic E-state index is 0.159. The van der Waals surface area contributed by atoms with Gasteiger partial charge in [-0.15, -0.1) is 0 Å². The van der Waals surface area contributed by atoms with Crippen molar-refractivity contribution in [2.45, 2.75) is 6.42 Å². The molecule has 50 valence electrons. The first kappa shape index (κ1) is 5.34. The molecule has 4 nitrogen and oxygen atoms in total. The molecule has 0 unspecified atom stereocenters. The molecule has 0 saturated carbocycles. The summed E-state index contributed by atoms with van der Waals surface area (Å²) in [5, 5.41) is 0. The lowest BCUT2D eigenvalue weighted by Gasteiger charge is -2.01. The maximum atomic E-state index is 10.8. The Morgan fingerprint density at radius 3 is 3.10 bits per heavy atom. The van der Waals surface area contributed by atoms with E-state index in [1.165, 1.54) is 10.9 Å². The molecule has 1 aromatic heterocycles. The van der Waals surface area contributed by atoms with Gasteiger partial charge in [-0.3, -0.25) is 14.2 Å². The third-order valence-corrected chi connectivity index (χ3v) is 1.45. The Morgan fingerprint density at radius 1 is 1.50 bits per heavy atom. The van der Waals surface area contributed by atoms with Gasteiger partial charge in [0.2, 0.25) is 5.78 Å². The monoisotopic (exact) mass is 136 g/mol. The number of carbonyl (C=O) groups is 2. The molecule has 0 radical (unpaired) electrons. The SMILES string of the molecule is O=C1Cc2cn(cn2)C1=O. The summed E-state index contributed by atoms with van der Waals surface area (Å²) in [4.78, 5) is 25.4. The zero-order valence-electron chi connectivity index (χ0n) is 5.07. The van der Waals surface area contributed by atoms with Crippen LogP contribution in [-0.2, 0) is 11.2 Å². The van der Waals surface area contributed by atoms with Crippen LogP contribution in [0.5, 0.6) is 0 Å². The van der Waals surface area contributed by atoms with Gasteiger partial charge in [-0.25, -0.2) is 4.98 Å². The molecule has 0 saturated heterocycles. The summed E-state index contributed by atoms with van der Waals surface area (Å²) in [5.41, 5.74) is 0.671. The van der Waals surface area contributed by atoms with E-state index in [1.54, 1.807) is 6.20 Å². The molecule has 2 rings (SSSR count). The van der Waals surface area contributed by atoms with Crippen LogP contribution in [0.15, 0.2) is 12.5 Å². The number of imidazole rings is 1. The lowest BCUT2D eigenvalue weighted by atomic mass is 10.2. The lowest BCUT2D eigenvalue weighted by molar-refractivity contribution is -0.115. The first-order chi connectivity index (χ1) is 4.77. The normalized spacial score (nSPS) is 16.0. The van der Waals surface area contributed by atoms with Crippen molar-refractivity contribution in [3.05, 3.63) is 18.2 Å². The predicted octanol–water partition coefficient (Wildman–Crippen LogP) is -0.351. The van der Waals surface area contributed by atoms with Crippen LogP contribution in [0.25, 0.3) is 0 Å². The summed E-state index contributed by atoms with van der Waals surface area (Å²) in [6, 6.07) is 0. The third-order valence-electron chi connectivity index (χ3n) is 1.45. The fourth-order valence-electron chi connectivity index (χ4n) is 0.950. The highest BCUT2D eigenvalue weighted by atomic mass is 16.2. The number of aromatic nitrogens is 2. The molecule has 0 aromatic carbocycles. The molecule has 0 amide bonds. The summed E-state index contributed by atoms with van der Waals surface area (Å²) in [5.74, 6) is -0.861. The van der Waals surface area contributed by atoms with Gasteiger partial charge in [0.05, 0.1) is 12.1 Å². The van der Waals surface area contributed by atoms with E-state index in [0.717, 1.165) is 0 Å². The molecule has 1 aromatic rings. The molecule has 1 aliphatic heterocycles. The van der Waals surface area contributed by atoms with Crippen molar-refractivity contribution in [2.75, 3.05) is 0 Å². The highest BCUT2D eigenvalue weighted by Gasteiger charge is 2.22. The molecular weight excluding hydrogens is 132 g/mol. The van der Waals surface area contributed by atoms with Gasteiger partial charge in [0, 0.05) is 6.20 Å². The van der Waals surface area contributed by atoms with Crippen LogP contribution < -0.4 is 0 Å². The lowest BCUT2D eigenvalue weighted by Crippen LogP contribution is -2.24. The molecule has 2 heterocycles. The molecule has 0 spiro atoms. The molecule has 10 heavy (non-hydrogen) atoms. The highest BCUT2D eigenvalue weighted by molar-refractivity contribution is 6.38. The van der Waals surface area contributed by atoms with Crippen molar-refractivity contribution in [1.29, 1.82) is 0 Å². The Labute approximate surface area is 56.5 Å². The zero-order chi connectivity index (χ0) is 7.14. The number of hydrogen-bond donors (Lipinski definition) is 0. The van der Waals surface area contributed by atoms with Gasteiger partial charge < -0.3 is 0 Å². The van der Waals surface area contributed by atoms with Crippen LogP contribution in [0, 0.1) is 0 Å². The van der Waals surface area contributed by atoms with Gasteiger partial charge >= 0.3 is 0 Å². The molecule has 4 heteroatoms. The number of nitrogens with zero attached hydrogens (tertiary/aromatic N) is 2. The Bertz CT molecular complexity index is 313. The van der Waals surface area contributed by atoms with Crippen LogP contribution in [0.1, 0.15) is 10.5 Å². The maximum absolute atomic E-state index is 10.8. The Hall–Kier alpha value is -1.45. The van der Waals surface area contributed by atoms with Crippen LogP contribution in [0.3, 0.4) is 0 Å². The van der Waals surface area contributed by atoms with Crippen molar-refractivity contribution in [2.24, 2.45) is 0 Å². The number of hydrogen-bond acceptors (Lipinski definition) is 3. The summed E-state index contributed by atoms with van der Waals surface area (Å²) >= 11 is 0. The Morgan fingerprint density at radius 2 is 2.30 bits per heavy atom. The van der Waals surface area contributed by atoms with Crippen LogP contribution >= 0.6 is 0 Å². The van der Waals surface area contributed by atoms with Gasteiger partial charge in [0.1, 0.15) is 6.33 Å². The average Bonchev–Trinajstić information content (AvgIpc) is 2.29. The van der Waals surface area contributed by atoms with Gasteiger partial charge in [-0.2, -0.15) is 0 Å². The van der Waals surface area contributed by atoms with Gasteiger partial charge in [-0.05, 0) is 0 Å². The number of rotatable bonds is 0. The minimum atomic E-state index is -0.481. The van der Waals surface area contributed by atoms with E-state index >= 15 is 0 Å². The van der Waals surface area contributed by atoms with Crippen molar-refractivity contribution < 1.29 is 9.59 Å². The van der Waals surface area contributed by atoms with E-state index in [0.29, 0.717) is 5.69 Å². The van der Waals surface area contributed by atoms with E-state index in [9.17, 15) is 9.59 Å². The zero-order valence-corrected chi connectivity index (χ0v) is 5.07. The number of carbonyl (C=O) groups excluding carboxylic acids is 2. The van der Waals surface area contributed by atoms with E-state index in [1.807, 2.05) is 0 Å². The molecule has 0 aliphatic carbocycles. The summed E-state index contributed by atoms with van der Waals surface area (Å²) in [6.07, 6.45) is 3.10. The van der Waals surface area contributed by atoms with E-state index in [4.69, 9.17) is 0 Å². The maximum Gasteiger partial charge on any atom is 0.299 e. The van der Waals surface area contributed by atoms with Crippen LogP contribution in [0.4, 0.5) is 0 Å². The number of ketones is 1. The first-order valence-corrected chi connectivity index (χ1v) is 2.88. The quantitative estimate of drug-likeness (QED) is 0.458. The Kier molecular flexibility index (Phi) is 0.818. The fraction of sp³-hybridized carbons (Fsp3) is 0.167. The van der Waals surface area contributed by atoms with Gasteiger partial charge in [0.25, 0.3) is 5.91 Å². The first-order valence-electron chi connectivity index (χ1n) is 2.88. The Balaban J connectivity index is 2.63. The van der Waals surface area contributed by atoms with Crippen LogP contribution in [0.2, 0.25) is 0 Å². The molecule has 0 atom stereocenters. The third kappa shape index (κ3) is 0.528. The summed E-state index contributed by atoms with van der Waals surface area (Å²) in [7, 11) is 0.